The maximum atomic E-state index is 11.6. The van der Waals surface area contributed by atoms with E-state index in [-0.39, 0.29) is 6.04 Å². The number of benzene rings is 1. The second-order valence-electron chi connectivity index (χ2n) is 5.80. The first-order valence-electron chi connectivity index (χ1n) is 7.79. The third-order valence-electron chi connectivity index (χ3n) is 4.37. The molecule has 1 saturated heterocycles. The minimum Gasteiger partial charge on any atom is -0.480 e. The van der Waals surface area contributed by atoms with Crippen molar-refractivity contribution in [2.45, 2.75) is 31.3 Å². The molecule has 0 saturated carbocycles. The maximum absolute atomic E-state index is 11.6. The molecule has 0 amide bonds. The van der Waals surface area contributed by atoms with Crippen molar-refractivity contribution in [3.05, 3.63) is 64.9 Å². The van der Waals surface area contributed by atoms with Crippen molar-refractivity contribution in [1.29, 1.82) is 0 Å². The lowest BCUT2D eigenvalue weighted by atomic mass is 9.99. The Morgan fingerprint density at radius 1 is 1.30 bits per heavy atom. The van der Waals surface area contributed by atoms with Crippen molar-refractivity contribution in [2.24, 2.45) is 0 Å². The first kappa shape index (κ1) is 16.0. The smallest absolute Gasteiger partial charge is 0.320 e. The van der Waals surface area contributed by atoms with Gasteiger partial charge in [0.2, 0.25) is 0 Å². The Bertz CT molecular complexity index is 678. The van der Waals surface area contributed by atoms with E-state index in [2.05, 4.69) is 9.88 Å². The van der Waals surface area contributed by atoms with Crippen LogP contribution in [0.5, 0.6) is 0 Å². The van der Waals surface area contributed by atoms with Gasteiger partial charge in [-0.3, -0.25) is 14.7 Å². The number of halogens is 1. The summed E-state index contributed by atoms with van der Waals surface area (Å²) in [6, 6.07) is 12.9. The van der Waals surface area contributed by atoms with Gasteiger partial charge in [-0.2, -0.15) is 0 Å². The van der Waals surface area contributed by atoms with Gasteiger partial charge in [0.05, 0.1) is 0 Å². The lowest BCUT2D eigenvalue weighted by molar-refractivity contribution is -0.143. The summed E-state index contributed by atoms with van der Waals surface area (Å²) >= 11 is 6.40. The summed E-state index contributed by atoms with van der Waals surface area (Å²) in [6.45, 7) is 0.764. The molecule has 1 fully saturated rings. The molecule has 1 aliphatic heterocycles. The highest BCUT2D eigenvalue weighted by Crippen LogP contribution is 2.35. The van der Waals surface area contributed by atoms with Crippen LogP contribution in [0.1, 0.15) is 30.1 Å². The van der Waals surface area contributed by atoms with Crippen molar-refractivity contribution < 1.29 is 9.90 Å². The zero-order valence-electron chi connectivity index (χ0n) is 12.7. The standard InChI is InChI=1S/C18H19ClN2O2/c19-15-8-2-1-7-14(15)17(12-13-6-3-4-10-20-13)21-11-5-9-16(21)18(22)23/h1-4,6-8,10,16-17H,5,9,11-12H2,(H,22,23). The van der Waals surface area contributed by atoms with Crippen LogP contribution in [0.3, 0.4) is 0 Å². The van der Waals surface area contributed by atoms with Crippen molar-refractivity contribution in [3.8, 4) is 0 Å². The molecule has 23 heavy (non-hydrogen) atoms. The number of carboxylic acids is 1. The van der Waals surface area contributed by atoms with E-state index in [0.29, 0.717) is 17.9 Å². The number of hydrogen-bond donors (Lipinski definition) is 1. The van der Waals surface area contributed by atoms with Crippen LogP contribution in [0.4, 0.5) is 0 Å². The number of likely N-dealkylation sites (tertiary alicyclic amines) is 1. The van der Waals surface area contributed by atoms with Gasteiger partial charge in [0.25, 0.3) is 0 Å². The number of aliphatic carboxylic acids is 1. The van der Waals surface area contributed by atoms with E-state index in [4.69, 9.17) is 11.6 Å². The number of aromatic nitrogens is 1. The average Bonchev–Trinajstić information content (AvgIpc) is 3.04. The van der Waals surface area contributed by atoms with Crippen molar-refractivity contribution in [3.63, 3.8) is 0 Å². The van der Waals surface area contributed by atoms with Crippen LogP contribution in [0.15, 0.2) is 48.7 Å². The zero-order valence-corrected chi connectivity index (χ0v) is 13.5. The minimum absolute atomic E-state index is 0.0813. The molecule has 0 bridgehead atoms. The summed E-state index contributed by atoms with van der Waals surface area (Å²) in [6.07, 6.45) is 3.98. The van der Waals surface area contributed by atoms with E-state index in [0.717, 1.165) is 24.2 Å². The summed E-state index contributed by atoms with van der Waals surface area (Å²) in [5.74, 6) is -0.763. The van der Waals surface area contributed by atoms with Crippen LogP contribution in [-0.4, -0.2) is 33.5 Å². The minimum atomic E-state index is -0.763. The first-order chi connectivity index (χ1) is 11.2. The van der Waals surface area contributed by atoms with E-state index in [1.807, 2.05) is 42.5 Å². The topological polar surface area (TPSA) is 53.4 Å². The van der Waals surface area contributed by atoms with Gasteiger partial charge < -0.3 is 5.11 Å². The fraction of sp³-hybridized carbons (Fsp3) is 0.333. The number of rotatable bonds is 5. The fourth-order valence-electron chi connectivity index (χ4n) is 3.30. The monoisotopic (exact) mass is 330 g/mol. The van der Waals surface area contributed by atoms with Crippen LogP contribution in [-0.2, 0) is 11.2 Å². The fourth-order valence-corrected chi connectivity index (χ4v) is 3.56. The number of carboxylic acid groups (broad SMARTS) is 1. The SMILES string of the molecule is O=C(O)C1CCCN1C(Cc1ccccn1)c1ccccc1Cl. The number of pyridine rings is 1. The second kappa shape index (κ2) is 7.11. The predicted octanol–water partition coefficient (Wildman–Crippen LogP) is 3.57. The molecule has 1 aromatic heterocycles. The molecular formula is C18H19ClN2O2. The molecule has 2 atom stereocenters. The molecule has 1 N–H and O–H groups in total. The maximum Gasteiger partial charge on any atom is 0.320 e. The Morgan fingerprint density at radius 2 is 2.09 bits per heavy atom. The normalized spacial score (nSPS) is 19.6. The zero-order chi connectivity index (χ0) is 16.2. The second-order valence-corrected chi connectivity index (χ2v) is 6.20. The van der Waals surface area contributed by atoms with E-state index in [9.17, 15) is 9.90 Å². The van der Waals surface area contributed by atoms with Gasteiger partial charge in [-0.05, 0) is 43.1 Å². The summed E-state index contributed by atoms with van der Waals surface area (Å²) in [5.41, 5.74) is 1.90. The largest absolute Gasteiger partial charge is 0.480 e. The van der Waals surface area contributed by atoms with Gasteiger partial charge in [-0.1, -0.05) is 35.9 Å². The molecule has 3 rings (SSSR count). The molecule has 2 unspecified atom stereocenters. The number of nitrogens with zero attached hydrogens (tertiary/aromatic N) is 2. The van der Waals surface area contributed by atoms with E-state index < -0.39 is 12.0 Å². The molecule has 0 radical (unpaired) electrons. The third-order valence-corrected chi connectivity index (χ3v) is 4.72. The third kappa shape index (κ3) is 3.54. The molecular weight excluding hydrogens is 312 g/mol. The Labute approximate surface area is 140 Å². The molecule has 1 aromatic carbocycles. The molecule has 120 valence electrons. The van der Waals surface area contributed by atoms with Gasteiger partial charge in [-0.15, -0.1) is 0 Å². The molecule has 1 aliphatic rings. The Kier molecular flexibility index (Phi) is 4.94. The highest BCUT2D eigenvalue weighted by molar-refractivity contribution is 6.31. The Morgan fingerprint density at radius 3 is 2.78 bits per heavy atom. The van der Waals surface area contributed by atoms with Crippen molar-refractivity contribution in [2.75, 3.05) is 6.54 Å². The van der Waals surface area contributed by atoms with Gasteiger partial charge >= 0.3 is 5.97 Å². The van der Waals surface area contributed by atoms with Crippen molar-refractivity contribution in [1.82, 2.24) is 9.88 Å². The van der Waals surface area contributed by atoms with Crippen LogP contribution in [0.2, 0.25) is 5.02 Å². The van der Waals surface area contributed by atoms with Crippen LogP contribution in [0.25, 0.3) is 0 Å². The van der Waals surface area contributed by atoms with Gasteiger partial charge in [0.15, 0.2) is 0 Å². The molecule has 2 aromatic rings. The van der Waals surface area contributed by atoms with E-state index in [1.165, 1.54) is 0 Å². The molecule has 0 spiro atoms. The number of carbonyl (C=O) groups is 1. The summed E-state index contributed by atoms with van der Waals surface area (Å²) in [5, 5.41) is 10.2. The molecule has 4 nitrogen and oxygen atoms in total. The van der Waals surface area contributed by atoms with Gasteiger partial charge in [-0.25, -0.2) is 0 Å². The predicted molar refractivity (Wildman–Crippen MR) is 89.5 cm³/mol. The van der Waals surface area contributed by atoms with E-state index >= 15 is 0 Å². The van der Waals surface area contributed by atoms with Crippen LogP contribution in [0, 0.1) is 0 Å². The quantitative estimate of drug-likeness (QED) is 0.910. The highest BCUT2D eigenvalue weighted by Gasteiger charge is 2.36. The lowest BCUT2D eigenvalue weighted by Gasteiger charge is -2.32. The van der Waals surface area contributed by atoms with Gasteiger partial charge in [0, 0.05) is 29.4 Å². The van der Waals surface area contributed by atoms with E-state index in [1.54, 1.807) is 6.20 Å². The molecule has 0 aliphatic carbocycles. The highest BCUT2D eigenvalue weighted by atomic mass is 35.5. The Hall–Kier alpha value is -1.91. The van der Waals surface area contributed by atoms with Gasteiger partial charge in [0.1, 0.15) is 6.04 Å². The first-order valence-corrected chi connectivity index (χ1v) is 8.17. The average molecular weight is 331 g/mol. The summed E-state index contributed by atoms with van der Waals surface area (Å²) in [4.78, 5) is 18.0. The van der Waals surface area contributed by atoms with Crippen LogP contribution < -0.4 is 0 Å². The molecule has 5 heteroatoms. The van der Waals surface area contributed by atoms with Crippen molar-refractivity contribution >= 4 is 17.6 Å². The lowest BCUT2D eigenvalue weighted by Crippen LogP contribution is -2.39. The molecule has 2 heterocycles. The number of hydrogen-bond acceptors (Lipinski definition) is 3. The summed E-state index contributed by atoms with van der Waals surface area (Å²) < 4.78 is 0. The van der Waals surface area contributed by atoms with Crippen LogP contribution >= 0.6 is 11.6 Å². The Balaban J connectivity index is 1.96. The summed E-state index contributed by atoms with van der Waals surface area (Å²) in [7, 11) is 0.